The monoisotopic (exact) mass is 505 g/mol. The van der Waals surface area contributed by atoms with Crippen LogP contribution < -0.4 is 31.3 Å². The van der Waals surface area contributed by atoms with Gasteiger partial charge in [-0.2, -0.15) is 0 Å². The van der Waals surface area contributed by atoms with Gasteiger partial charge in [-0.3, -0.25) is 10.1 Å². The summed E-state index contributed by atoms with van der Waals surface area (Å²) in [5.74, 6) is 0. The SMILES string of the molecule is CCN(CC[n+]1ccccc1)c1ccc(N=Nc2ncc([N+](=O)[O-])s2)c(N(C)C)c1.[Br-]. The molecule has 0 bridgehead atoms. The molecule has 3 aromatic rings. The van der Waals surface area contributed by atoms with Gasteiger partial charge >= 0.3 is 5.00 Å². The molecule has 0 amide bonds. The first-order valence-electron chi connectivity index (χ1n) is 9.50. The summed E-state index contributed by atoms with van der Waals surface area (Å²) in [5.41, 5.74) is 2.68. The van der Waals surface area contributed by atoms with Crippen molar-refractivity contribution >= 4 is 38.5 Å². The molecule has 0 unspecified atom stereocenters. The van der Waals surface area contributed by atoms with E-state index in [1.54, 1.807) is 0 Å². The second-order valence-electron chi connectivity index (χ2n) is 6.70. The van der Waals surface area contributed by atoms with Crippen LogP contribution in [-0.2, 0) is 6.54 Å². The van der Waals surface area contributed by atoms with E-state index >= 15 is 0 Å². The van der Waals surface area contributed by atoms with Gasteiger partial charge in [-0.25, -0.2) is 9.55 Å². The number of aromatic nitrogens is 2. The molecular formula is C20H24BrN7O2S. The van der Waals surface area contributed by atoms with Crippen LogP contribution in [0.1, 0.15) is 6.92 Å². The number of anilines is 2. The number of halogens is 1. The first-order valence-corrected chi connectivity index (χ1v) is 10.3. The van der Waals surface area contributed by atoms with Crippen molar-refractivity contribution in [3.05, 3.63) is 65.1 Å². The van der Waals surface area contributed by atoms with Crippen molar-refractivity contribution in [2.75, 3.05) is 37.0 Å². The predicted molar refractivity (Wildman–Crippen MR) is 118 cm³/mol. The van der Waals surface area contributed by atoms with Crippen molar-refractivity contribution in [1.29, 1.82) is 0 Å². The standard InChI is InChI=1S/C20H24N7O2S.BrH/c1-4-26(13-12-25-10-6-5-7-11-25)16-8-9-17(18(14-16)24(2)3)22-23-20-21-15-19(30-20)27(28)29;/h5-11,14-15H,4,12-13H2,1-3H3;1H/q+1;/p-1. The fourth-order valence-electron chi connectivity index (χ4n) is 2.92. The van der Waals surface area contributed by atoms with Crippen molar-refractivity contribution in [2.45, 2.75) is 13.5 Å². The molecule has 31 heavy (non-hydrogen) atoms. The van der Waals surface area contributed by atoms with Gasteiger partial charge in [-0.1, -0.05) is 6.07 Å². The van der Waals surface area contributed by atoms with Gasteiger partial charge in [0.05, 0.1) is 17.2 Å². The van der Waals surface area contributed by atoms with E-state index in [4.69, 9.17) is 0 Å². The largest absolute Gasteiger partial charge is 1.00 e. The van der Waals surface area contributed by atoms with E-state index in [1.807, 2.05) is 49.3 Å². The molecule has 2 heterocycles. The van der Waals surface area contributed by atoms with Gasteiger partial charge in [0, 0.05) is 38.5 Å². The van der Waals surface area contributed by atoms with E-state index < -0.39 is 4.92 Å². The van der Waals surface area contributed by atoms with Gasteiger partial charge < -0.3 is 26.8 Å². The summed E-state index contributed by atoms with van der Waals surface area (Å²) in [6.07, 6.45) is 5.32. The fourth-order valence-corrected chi connectivity index (χ4v) is 3.48. The van der Waals surface area contributed by atoms with Crippen LogP contribution in [0.2, 0.25) is 0 Å². The molecule has 3 rings (SSSR count). The summed E-state index contributed by atoms with van der Waals surface area (Å²) >= 11 is 0.896. The Labute approximate surface area is 195 Å². The Morgan fingerprint density at radius 2 is 1.94 bits per heavy atom. The molecule has 0 aliphatic rings. The average Bonchev–Trinajstić information content (AvgIpc) is 3.23. The Morgan fingerprint density at radius 3 is 2.55 bits per heavy atom. The Bertz CT molecular complexity index is 1030. The minimum absolute atomic E-state index is 0. The number of benzene rings is 1. The Balaban J connectivity index is 0.00000341. The number of hydrogen-bond acceptors (Lipinski definition) is 8. The number of hydrogen-bond donors (Lipinski definition) is 0. The highest BCUT2D eigenvalue weighted by Crippen LogP contribution is 2.34. The third-order valence-electron chi connectivity index (χ3n) is 4.50. The van der Waals surface area contributed by atoms with Gasteiger partial charge in [-0.15, -0.1) is 10.2 Å². The van der Waals surface area contributed by atoms with Crippen LogP contribution in [0.5, 0.6) is 0 Å². The van der Waals surface area contributed by atoms with E-state index in [0.717, 1.165) is 42.3 Å². The number of nitro groups is 1. The maximum absolute atomic E-state index is 10.8. The Kier molecular flexibility index (Phi) is 9.01. The minimum Gasteiger partial charge on any atom is -1.00 e. The molecular weight excluding hydrogens is 482 g/mol. The molecule has 2 aromatic heterocycles. The zero-order chi connectivity index (χ0) is 21.5. The third kappa shape index (κ3) is 6.53. The van der Waals surface area contributed by atoms with Gasteiger partial charge in [0.1, 0.15) is 11.9 Å². The average molecular weight is 506 g/mol. The van der Waals surface area contributed by atoms with Crippen LogP contribution in [0.3, 0.4) is 0 Å². The molecule has 0 aliphatic carbocycles. The van der Waals surface area contributed by atoms with Crippen molar-refractivity contribution in [3.63, 3.8) is 0 Å². The molecule has 0 N–H and O–H groups in total. The number of rotatable bonds is 9. The summed E-state index contributed by atoms with van der Waals surface area (Å²) in [6.45, 7) is 4.77. The molecule has 0 atom stereocenters. The van der Waals surface area contributed by atoms with Gasteiger partial charge in [0.2, 0.25) is 5.13 Å². The quantitative estimate of drug-likeness (QED) is 0.189. The third-order valence-corrected chi connectivity index (χ3v) is 5.33. The predicted octanol–water partition coefficient (Wildman–Crippen LogP) is 1.35. The molecule has 0 spiro atoms. The van der Waals surface area contributed by atoms with Crippen molar-refractivity contribution in [2.24, 2.45) is 10.2 Å². The summed E-state index contributed by atoms with van der Waals surface area (Å²) in [4.78, 5) is 18.5. The number of azo groups is 1. The summed E-state index contributed by atoms with van der Waals surface area (Å²) < 4.78 is 2.16. The van der Waals surface area contributed by atoms with Crippen LogP contribution in [0.15, 0.2) is 65.2 Å². The summed E-state index contributed by atoms with van der Waals surface area (Å²) in [6, 6.07) is 12.1. The Morgan fingerprint density at radius 1 is 1.19 bits per heavy atom. The number of likely N-dealkylation sites (N-methyl/N-ethyl adjacent to an activating group) is 1. The lowest BCUT2D eigenvalue weighted by Gasteiger charge is -2.24. The molecule has 164 valence electrons. The second-order valence-corrected chi connectivity index (χ2v) is 7.69. The molecule has 0 aliphatic heterocycles. The topological polar surface area (TPSA) is 91.1 Å². The summed E-state index contributed by atoms with van der Waals surface area (Å²) in [7, 11) is 3.89. The van der Waals surface area contributed by atoms with Gasteiger partial charge in [-0.05, 0) is 36.5 Å². The molecule has 0 saturated heterocycles. The molecule has 0 fully saturated rings. The molecule has 1 aromatic carbocycles. The molecule has 0 saturated carbocycles. The van der Waals surface area contributed by atoms with Gasteiger partial charge in [0.15, 0.2) is 18.9 Å². The number of thiazole rings is 1. The van der Waals surface area contributed by atoms with E-state index in [2.05, 4.69) is 50.1 Å². The normalized spacial score (nSPS) is 10.7. The van der Waals surface area contributed by atoms with Gasteiger partial charge in [0.25, 0.3) is 0 Å². The van der Waals surface area contributed by atoms with Crippen LogP contribution >= 0.6 is 11.3 Å². The smallest absolute Gasteiger partial charge is 0.345 e. The summed E-state index contributed by atoms with van der Waals surface area (Å²) in [5, 5.41) is 19.4. The van der Waals surface area contributed by atoms with Crippen molar-refractivity contribution in [3.8, 4) is 0 Å². The highest BCUT2D eigenvalue weighted by Gasteiger charge is 2.13. The van der Waals surface area contributed by atoms with Crippen LogP contribution in [-0.4, -0.2) is 37.1 Å². The maximum Gasteiger partial charge on any atom is 0.345 e. The molecule has 11 heteroatoms. The first-order chi connectivity index (χ1) is 14.5. The van der Waals surface area contributed by atoms with Crippen LogP contribution in [0, 0.1) is 10.1 Å². The van der Waals surface area contributed by atoms with Crippen LogP contribution in [0.25, 0.3) is 0 Å². The lowest BCUT2D eigenvalue weighted by molar-refractivity contribution is -0.694. The van der Waals surface area contributed by atoms with E-state index in [1.165, 1.54) is 6.20 Å². The lowest BCUT2D eigenvalue weighted by atomic mass is 10.2. The van der Waals surface area contributed by atoms with Crippen molar-refractivity contribution < 1.29 is 26.5 Å². The maximum atomic E-state index is 10.8. The fraction of sp³-hybridized carbons (Fsp3) is 0.300. The van der Waals surface area contributed by atoms with Crippen molar-refractivity contribution in [1.82, 2.24) is 4.98 Å². The second kappa shape index (κ2) is 11.5. The number of nitrogens with zero attached hydrogens (tertiary/aromatic N) is 7. The lowest BCUT2D eigenvalue weighted by Crippen LogP contribution is -3.00. The van der Waals surface area contributed by atoms with E-state index in [9.17, 15) is 10.1 Å². The van der Waals surface area contributed by atoms with E-state index in [0.29, 0.717) is 5.69 Å². The molecule has 0 radical (unpaired) electrons. The zero-order valence-corrected chi connectivity index (χ0v) is 20.0. The van der Waals surface area contributed by atoms with Crippen LogP contribution in [0.4, 0.5) is 27.2 Å². The first kappa shape index (κ1) is 24.4. The highest BCUT2D eigenvalue weighted by atomic mass is 79.9. The van der Waals surface area contributed by atoms with E-state index in [-0.39, 0.29) is 27.1 Å². The minimum atomic E-state index is -0.482. The Hall–Kier alpha value is -2.92. The highest BCUT2D eigenvalue weighted by molar-refractivity contribution is 7.18. The number of pyridine rings is 1. The molecule has 9 nitrogen and oxygen atoms in total. The zero-order valence-electron chi connectivity index (χ0n) is 17.6.